The third-order valence-electron chi connectivity index (χ3n) is 3.27. The Morgan fingerprint density at radius 2 is 2.07 bits per heavy atom. The lowest BCUT2D eigenvalue weighted by Crippen LogP contribution is -2.04. The van der Waals surface area contributed by atoms with Gasteiger partial charge in [-0.1, -0.05) is 38.3 Å². The fraction of sp³-hybridized carbons (Fsp3) is 0.571. The third kappa shape index (κ3) is 2.17. The zero-order chi connectivity index (χ0) is 9.80. The van der Waals surface area contributed by atoms with Gasteiger partial charge in [-0.2, -0.15) is 0 Å². The molecule has 14 heavy (non-hydrogen) atoms. The van der Waals surface area contributed by atoms with E-state index in [1.807, 2.05) is 0 Å². The smallest absolute Gasteiger partial charge is 0.00609 e. The van der Waals surface area contributed by atoms with Crippen molar-refractivity contribution >= 4 is 0 Å². The fourth-order valence-electron chi connectivity index (χ4n) is 2.33. The van der Waals surface area contributed by atoms with Crippen LogP contribution in [0.4, 0.5) is 0 Å². The molecule has 2 radical (unpaired) electrons. The van der Waals surface area contributed by atoms with Gasteiger partial charge in [0, 0.05) is 0 Å². The van der Waals surface area contributed by atoms with Gasteiger partial charge in [0.2, 0.25) is 0 Å². The highest BCUT2D eigenvalue weighted by atomic mass is 14.2. The highest BCUT2D eigenvalue weighted by molar-refractivity contribution is 5.24. The molecule has 1 aliphatic rings. The van der Waals surface area contributed by atoms with Crippen LogP contribution in [0.15, 0.2) is 12.1 Å². The number of rotatable bonds is 2. The zero-order valence-electron chi connectivity index (χ0n) is 8.97. The zero-order valence-corrected chi connectivity index (χ0v) is 8.97. The maximum atomic E-state index is 3.29. The van der Waals surface area contributed by atoms with Crippen molar-refractivity contribution in [3.05, 3.63) is 35.4 Å². The van der Waals surface area contributed by atoms with Gasteiger partial charge in [0.1, 0.15) is 0 Å². The SMILES string of the molecule is CCc1c[c][c]c(C2CCCCC2)c1. The van der Waals surface area contributed by atoms with Gasteiger partial charge in [0.05, 0.1) is 0 Å². The van der Waals surface area contributed by atoms with E-state index in [2.05, 4.69) is 31.2 Å². The van der Waals surface area contributed by atoms with E-state index in [-0.39, 0.29) is 0 Å². The monoisotopic (exact) mass is 186 g/mol. The maximum absolute atomic E-state index is 3.29. The first-order valence-corrected chi connectivity index (χ1v) is 5.82. The van der Waals surface area contributed by atoms with Crippen molar-refractivity contribution < 1.29 is 0 Å². The lowest BCUT2D eigenvalue weighted by molar-refractivity contribution is 0.443. The Bertz CT molecular complexity index is 282. The van der Waals surface area contributed by atoms with E-state index in [4.69, 9.17) is 0 Å². The first kappa shape index (κ1) is 9.76. The maximum Gasteiger partial charge on any atom is -0.00609 e. The first-order chi connectivity index (χ1) is 6.90. The Hall–Kier alpha value is -0.780. The second-order valence-corrected chi connectivity index (χ2v) is 4.28. The summed E-state index contributed by atoms with van der Waals surface area (Å²) in [4.78, 5) is 0. The molecule has 1 fully saturated rings. The molecule has 1 aromatic carbocycles. The van der Waals surface area contributed by atoms with Crippen molar-refractivity contribution in [3.63, 3.8) is 0 Å². The van der Waals surface area contributed by atoms with E-state index in [1.165, 1.54) is 43.2 Å². The molecule has 0 aliphatic heterocycles. The van der Waals surface area contributed by atoms with Gasteiger partial charge in [0.15, 0.2) is 0 Å². The van der Waals surface area contributed by atoms with Crippen molar-refractivity contribution in [2.24, 2.45) is 0 Å². The molecule has 1 aliphatic carbocycles. The molecule has 0 saturated heterocycles. The Morgan fingerprint density at radius 1 is 1.29 bits per heavy atom. The van der Waals surface area contributed by atoms with Gasteiger partial charge in [-0.05, 0) is 48.4 Å². The first-order valence-electron chi connectivity index (χ1n) is 5.82. The minimum Gasteiger partial charge on any atom is -0.0613 e. The molecule has 0 bridgehead atoms. The van der Waals surface area contributed by atoms with Crippen LogP contribution in [0, 0.1) is 12.1 Å². The lowest BCUT2D eigenvalue weighted by Gasteiger charge is -2.21. The molecule has 0 nitrogen and oxygen atoms in total. The van der Waals surface area contributed by atoms with Crippen molar-refractivity contribution in [2.75, 3.05) is 0 Å². The van der Waals surface area contributed by atoms with Gasteiger partial charge >= 0.3 is 0 Å². The van der Waals surface area contributed by atoms with Crippen molar-refractivity contribution in [1.29, 1.82) is 0 Å². The van der Waals surface area contributed by atoms with Crippen LogP contribution in [0.5, 0.6) is 0 Å². The highest BCUT2D eigenvalue weighted by Gasteiger charge is 2.15. The molecule has 0 atom stereocenters. The van der Waals surface area contributed by atoms with Crippen LogP contribution in [-0.4, -0.2) is 0 Å². The second-order valence-electron chi connectivity index (χ2n) is 4.28. The Balaban J connectivity index is 2.13. The summed E-state index contributed by atoms with van der Waals surface area (Å²) in [7, 11) is 0. The van der Waals surface area contributed by atoms with Crippen LogP contribution in [-0.2, 0) is 6.42 Å². The summed E-state index contributed by atoms with van der Waals surface area (Å²) < 4.78 is 0. The summed E-state index contributed by atoms with van der Waals surface area (Å²) in [6, 6.07) is 10.8. The highest BCUT2D eigenvalue weighted by Crippen LogP contribution is 2.32. The van der Waals surface area contributed by atoms with E-state index in [0.29, 0.717) is 0 Å². The fourth-order valence-corrected chi connectivity index (χ4v) is 2.33. The molecule has 2 rings (SSSR count). The van der Waals surface area contributed by atoms with Crippen LogP contribution in [0.1, 0.15) is 56.1 Å². The number of hydrogen-bond donors (Lipinski definition) is 0. The normalized spacial score (nSPS) is 18.4. The van der Waals surface area contributed by atoms with Crippen LogP contribution < -0.4 is 0 Å². The molecule has 74 valence electrons. The van der Waals surface area contributed by atoms with E-state index in [1.54, 1.807) is 0 Å². The van der Waals surface area contributed by atoms with Crippen LogP contribution in [0.2, 0.25) is 0 Å². The van der Waals surface area contributed by atoms with Gasteiger partial charge in [-0.15, -0.1) is 0 Å². The van der Waals surface area contributed by atoms with E-state index < -0.39 is 0 Å². The minimum absolute atomic E-state index is 0.770. The molecule has 0 N–H and O–H groups in total. The molecule has 1 saturated carbocycles. The standard InChI is InChI=1S/C14H18/c1-2-12-7-6-10-14(11-12)13-8-4-3-5-9-13/h7,11,13H,2-5,8-9H2,1H3. The predicted octanol–water partition coefficient (Wildman–Crippen LogP) is 3.90. The molecule has 0 spiro atoms. The third-order valence-corrected chi connectivity index (χ3v) is 3.27. The summed E-state index contributed by atoms with van der Waals surface area (Å²) >= 11 is 0. The number of aryl methyl sites for hydroxylation is 1. The average Bonchev–Trinajstić information content (AvgIpc) is 2.30. The van der Waals surface area contributed by atoms with Gasteiger partial charge in [-0.25, -0.2) is 0 Å². The Kier molecular flexibility index (Phi) is 3.23. The van der Waals surface area contributed by atoms with E-state index in [9.17, 15) is 0 Å². The van der Waals surface area contributed by atoms with Gasteiger partial charge < -0.3 is 0 Å². The Labute approximate surface area is 87.3 Å². The lowest BCUT2D eigenvalue weighted by atomic mass is 9.83. The van der Waals surface area contributed by atoms with Crippen LogP contribution in [0.25, 0.3) is 0 Å². The number of benzene rings is 1. The largest absolute Gasteiger partial charge is 0.0613 e. The molecule has 0 unspecified atom stereocenters. The topological polar surface area (TPSA) is 0 Å². The molecule has 0 heteroatoms. The average molecular weight is 186 g/mol. The summed E-state index contributed by atoms with van der Waals surface area (Å²) in [6.45, 7) is 2.20. The van der Waals surface area contributed by atoms with Crippen molar-refractivity contribution in [1.82, 2.24) is 0 Å². The predicted molar refractivity (Wildman–Crippen MR) is 59.3 cm³/mol. The molecule has 1 aromatic rings. The van der Waals surface area contributed by atoms with Crippen molar-refractivity contribution in [3.8, 4) is 0 Å². The van der Waals surface area contributed by atoms with E-state index in [0.717, 1.165) is 12.3 Å². The Morgan fingerprint density at radius 3 is 2.79 bits per heavy atom. The summed E-state index contributed by atoms with van der Waals surface area (Å²) in [5.74, 6) is 0.770. The van der Waals surface area contributed by atoms with Crippen LogP contribution >= 0.6 is 0 Å². The van der Waals surface area contributed by atoms with Crippen molar-refractivity contribution in [2.45, 2.75) is 51.4 Å². The molecular weight excluding hydrogens is 168 g/mol. The van der Waals surface area contributed by atoms with Gasteiger partial charge in [-0.3, -0.25) is 0 Å². The van der Waals surface area contributed by atoms with Gasteiger partial charge in [0.25, 0.3) is 0 Å². The molecule has 0 amide bonds. The van der Waals surface area contributed by atoms with E-state index >= 15 is 0 Å². The number of hydrogen-bond acceptors (Lipinski definition) is 0. The molecule has 0 aromatic heterocycles. The molecular formula is C14H18. The second kappa shape index (κ2) is 4.63. The minimum atomic E-state index is 0.770. The molecule has 0 heterocycles. The quantitative estimate of drug-likeness (QED) is 0.657. The van der Waals surface area contributed by atoms with Crippen LogP contribution in [0.3, 0.4) is 0 Å². The summed E-state index contributed by atoms with van der Waals surface area (Å²) in [5.41, 5.74) is 2.81. The summed E-state index contributed by atoms with van der Waals surface area (Å²) in [6.07, 6.45) is 8.05. The summed E-state index contributed by atoms with van der Waals surface area (Å²) in [5, 5.41) is 0.